The van der Waals surface area contributed by atoms with Crippen LogP contribution in [0.5, 0.6) is 0 Å². The molecule has 5 heteroatoms. The molecule has 64 heavy (non-hydrogen) atoms. The maximum atomic E-state index is 2.85. The van der Waals surface area contributed by atoms with Crippen LogP contribution in [0.3, 0.4) is 0 Å². The standard InChI is InChI=1S/C59H58BN3S/c1-37-34-49-54-50(35-37)63-55-44(58(8)32-12-13-33-59(58,63)9)17-14-18-46(55)60(54)45-31-30-42(36-48(45)62(49)47-19-15-21-52-53(47)43-16-10-11-20-51(43)64-52)61(40-26-22-38(23-27-40)56(2,3)4)41-28-24-39(25-29-41)57(5,6)7/h10-11,14-31,34-36H,12-13,32-33H2,1-9H3. The average molecular weight is 852 g/mol. The van der Waals surface area contributed by atoms with Crippen molar-refractivity contribution < 1.29 is 0 Å². The van der Waals surface area contributed by atoms with E-state index in [-0.39, 0.29) is 28.5 Å². The monoisotopic (exact) mass is 851 g/mol. The fourth-order valence-corrected chi connectivity index (χ4v) is 13.5. The lowest BCUT2D eigenvalue weighted by Crippen LogP contribution is -2.64. The van der Waals surface area contributed by atoms with E-state index in [2.05, 4.69) is 217 Å². The summed E-state index contributed by atoms with van der Waals surface area (Å²) in [5.41, 5.74) is 20.0. The van der Waals surface area contributed by atoms with Crippen LogP contribution in [0.25, 0.3) is 20.2 Å². The van der Waals surface area contributed by atoms with Gasteiger partial charge in [0, 0.05) is 65.4 Å². The zero-order chi connectivity index (χ0) is 44.1. The highest BCUT2D eigenvalue weighted by molar-refractivity contribution is 7.26. The number of thiophene rings is 1. The topological polar surface area (TPSA) is 9.72 Å². The molecule has 12 rings (SSSR count). The van der Waals surface area contributed by atoms with Gasteiger partial charge in [-0.2, -0.15) is 0 Å². The van der Waals surface area contributed by atoms with Crippen molar-refractivity contribution in [2.24, 2.45) is 0 Å². The van der Waals surface area contributed by atoms with Crippen LogP contribution in [0, 0.1) is 6.92 Å². The van der Waals surface area contributed by atoms with E-state index in [1.54, 1.807) is 5.56 Å². The predicted molar refractivity (Wildman–Crippen MR) is 278 cm³/mol. The molecule has 318 valence electrons. The van der Waals surface area contributed by atoms with Crippen molar-refractivity contribution in [3.8, 4) is 0 Å². The highest BCUT2D eigenvalue weighted by Gasteiger charge is 2.61. The summed E-state index contributed by atoms with van der Waals surface area (Å²) < 4.78 is 2.64. The molecule has 1 aromatic heterocycles. The average Bonchev–Trinajstić information content (AvgIpc) is 3.76. The molecule has 1 saturated carbocycles. The van der Waals surface area contributed by atoms with E-state index in [0.29, 0.717) is 0 Å². The van der Waals surface area contributed by atoms with Crippen LogP contribution in [-0.2, 0) is 16.2 Å². The summed E-state index contributed by atoms with van der Waals surface area (Å²) in [6.45, 7) is 21.4. The number of para-hydroxylation sites is 1. The molecule has 3 aliphatic heterocycles. The van der Waals surface area contributed by atoms with Gasteiger partial charge in [0.05, 0.1) is 11.2 Å². The van der Waals surface area contributed by atoms with Gasteiger partial charge >= 0.3 is 0 Å². The van der Waals surface area contributed by atoms with Crippen LogP contribution in [0.2, 0.25) is 0 Å². The summed E-state index contributed by atoms with van der Waals surface area (Å²) in [6.07, 6.45) is 4.96. The molecule has 7 aromatic carbocycles. The van der Waals surface area contributed by atoms with Gasteiger partial charge < -0.3 is 14.7 Å². The Labute approximate surface area is 384 Å². The third kappa shape index (κ3) is 5.52. The van der Waals surface area contributed by atoms with E-state index in [4.69, 9.17) is 0 Å². The molecule has 0 N–H and O–H groups in total. The molecule has 0 spiro atoms. The molecular weight excluding hydrogens is 794 g/mol. The molecule has 0 bridgehead atoms. The molecule has 4 heterocycles. The van der Waals surface area contributed by atoms with Gasteiger partial charge in [-0.3, -0.25) is 0 Å². The summed E-state index contributed by atoms with van der Waals surface area (Å²) in [4.78, 5) is 7.99. The summed E-state index contributed by atoms with van der Waals surface area (Å²) in [5.74, 6) is 0. The van der Waals surface area contributed by atoms with Gasteiger partial charge in [0.1, 0.15) is 0 Å². The van der Waals surface area contributed by atoms with E-state index in [1.165, 1.54) is 107 Å². The van der Waals surface area contributed by atoms with Crippen LogP contribution >= 0.6 is 11.3 Å². The normalized spacial score (nSPS) is 19.7. The number of anilines is 8. The quantitative estimate of drug-likeness (QED) is 0.163. The second kappa shape index (κ2) is 13.6. The molecule has 0 saturated heterocycles. The minimum atomic E-state index is -0.0136. The van der Waals surface area contributed by atoms with E-state index < -0.39 is 0 Å². The van der Waals surface area contributed by atoms with Gasteiger partial charge in [-0.25, -0.2) is 0 Å². The molecule has 0 radical (unpaired) electrons. The Kier molecular flexibility index (Phi) is 8.47. The fourth-order valence-electron chi connectivity index (χ4n) is 12.4. The van der Waals surface area contributed by atoms with E-state index in [1.807, 2.05) is 11.3 Å². The third-order valence-electron chi connectivity index (χ3n) is 15.9. The Balaban J connectivity index is 1.15. The number of hydrogen-bond donors (Lipinski definition) is 0. The number of fused-ring (bicyclic) bond motifs is 10. The highest BCUT2D eigenvalue weighted by atomic mass is 32.1. The maximum Gasteiger partial charge on any atom is 0.252 e. The first-order valence-corrected chi connectivity index (χ1v) is 24.4. The Morgan fingerprint density at radius 1 is 0.578 bits per heavy atom. The van der Waals surface area contributed by atoms with E-state index in [9.17, 15) is 0 Å². The van der Waals surface area contributed by atoms with Crippen molar-refractivity contribution in [2.45, 2.75) is 110 Å². The van der Waals surface area contributed by atoms with E-state index >= 15 is 0 Å². The zero-order valence-electron chi connectivity index (χ0n) is 38.9. The minimum absolute atomic E-state index is 0.0136. The molecule has 3 nitrogen and oxygen atoms in total. The Bertz CT molecular complexity index is 3150. The summed E-state index contributed by atoms with van der Waals surface area (Å²) in [7, 11) is 0. The van der Waals surface area contributed by atoms with Crippen molar-refractivity contribution in [3.63, 3.8) is 0 Å². The molecule has 2 atom stereocenters. The lowest BCUT2D eigenvalue weighted by atomic mass is 9.33. The Morgan fingerprint density at radius 2 is 1.20 bits per heavy atom. The zero-order valence-corrected chi connectivity index (χ0v) is 39.8. The van der Waals surface area contributed by atoms with Crippen LogP contribution in [-0.4, -0.2) is 12.3 Å². The molecule has 2 unspecified atom stereocenters. The minimum Gasteiger partial charge on any atom is -0.335 e. The van der Waals surface area contributed by atoms with Gasteiger partial charge in [-0.05, 0) is 143 Å². The van der Waals surface area contributed by atoms with Crippen molar-refractivity contribution in [1.82, 2.24) is 0 Å². The SMILES string of the molecule is Cc1cc2c3c(c1)N1c4c(cccc4C4(C)CCCCC14C)B3c1ccc(N(c3ccc(C(C)(C)C)cc3)c3ccc(C(C)(C)C)cc3)cc1N2c1cccc2sc3ccccc3c12. The lowest BCUT2D eigenvalue weighted by molar-refractivity contribution is 0.195. The fraction of sp³-hybridized carbons (Fsp3) is 0.288. The van der Waals surface area contributed by atoms with Gasteiger partial charge in [-0.1, -0.05) is 134 Å². The second-order valence-electron chi connectivity index (χ2n) is 21.8. The first-order chi connectivity index (χ1) is 30.7. The Hall–Kier alpha value is -5.78. The van der Waals surface area contributed by atoms with Crippen molar-refractivity contribution in [3.05, 3.63) is 162 Å². The predicted octanol–water partition coefficient (Wildman–Crippen LogP) is 14.8. The van der Waals surface area contributed by atoms with Gasteiger partial charge in [0.15, 0.2) is 0 Å². The molecule has 0 amide bonds. The molecule has 4 aliphatic rings. The smallest absolute Gasteiger partial charge is 0.252 e. The molecule has 8 aromatic rings. The van der Waals surface area contributed by atoms with Crippen LogP contribution in [0.4, 0.5) is 45.5 Å². The number of hydrogen-bond acceptors (Lipinski definition) is 4. The van der Waals surface area contributed by atoms with Crippen molar-refractivity contribution >= 4 is 100 Å². The van der Waals surface area contributed by atoms with Crippen LogP contribution < -0.4 is 31.1 Å². The first kappa shape index (κ1) is 39.8. The number of rotatable bonds is 4. The maximum absolute atomic E-state index is 2.85. The number of nitrogens with zero attached hydrogens (tertiary/aromatic N) is 3. The first-order valence-electron chi connectivity index (χ1n) is 23.6. The third-order valence-corrected chi connectivity index (χ3v) is 17.1. The lowest BCUT2D eigenvalue weighted by Gasteiger charge is -2.53. The number of aryl methyl sites for hydroxylation is 1. The van der Waals surface area contributed by atoms with Crippen LogP contribution in [0.1, 0.15) is 103 Å². The van der Waals surface area contributed by atoms with Gasteiger partial charge in [0.2, 0.25) is 0 Å². The van der Waals surface area contributed by atoms with Gasteiger partial charge in [0.25, 0.3) is 6.71 Å². The Morgan fingerprint density at radius 3 is 1.91 bits per heavy atom. The second-order valence-corrected chi connectivity index (χ2v) is 22.9. The number of benzene rings is 7. The molecular formula is C59H58BN3S. The summed E-state index contributed by atoms with van der Waals surface area (Å²) >= 11 is 1.90. The summed E-state index contributed by atoms with van der Waals surface area (Å²) in [6, 6.07) is 54.3. The molecule has 1 aliphatic carbocycles. The largest absolute Gasteiger partial charge is 0.335 e. The van der Waals surface area contributed by atoms with E-state index in [0.717, 1.165) is 17.1 Å². The van der Waals surface area contributed by atoms with Gasteiger partial charge in [-0.15, -0.1) is 11.3 Å². The molecule has 1 fully saturated rings. The van der Waals surface area contributed by atoms with Crippen LogP contribution in [0.15, 0.2) is 140 Å². The van der Waals surface area contributed by atoms with Crippen molar-refractivity contribution in [2.75, 3.05) is 14.7 Å². The summed E-state index contributed by atoms with van der Waals surface area (Å²) in [5, 5.41) is 2.64. The highest BCUT2D eigenvalue weighted by Crippen LogP contribution is 2.62. The van der Waals surface area contributed by atoms with Crippen molar-refractivity contribution in [1.29, 1.82) is 0 Å².